The van der Waals surface area contributed by atoms with Crippen molar-refractivity contribution in [2.75, 3.05) is 66.1 Å². The van der Waals surface area contributed by atoms with Crippen molar-refractivity contribution in [1.82, 2.24) is 0 Å². The molecule has 0 atom stereocenters. The summed E-state index contributed by atoms with van der Waals surface area (Å²) < 4.78 is 32.5. The first-order chi connectivity index (χ1) is 17.3. The lowest BCUT2D eigenvalue weighted by Crippen LogP contribution is -2.15. The van der Waals surface area contributed by atoms with E-state index in [0.717, 1.165) is 18.6 Å². The lowest BCUT2D eigenvalue weighted by molar-refractivity contribution is -0.145. The topological polar surface area (TPSA) is 72.5 Å². The molecule has 0 amide bonds. The van der Waals surface area contributed by atoms with E-state index in [1.807, 2.05) is 19.1 Å². The Labute approximate surface area is 212 Å². The fraction of sp³-hybridized carbons (Fsp3) is 0.750. The lowest BCUT2D eigenvalue weighted by Gasteiger charge is -2.09. The average molecular weight is 497 g/mol. The van der Waals surface area contributed by atoms with Crippen LogP contribution in [0, 0.1) is 0 Å². The van der Waals surface area contributed by atoms with Crippen LogP contribution in [0.3, 0.4) is 0 Å². The molecule has 0 spiro atoms. The van der Waals surface area contributed by atoms with Gasteiger partial charge in [0, 0.05) is 6.42 Å². The molecular formula is C28H48O7. The minimum atomic E-state index is -0.176. The summed E-state index contributed by atoms with van der Waals surface area (Å²) in [6.07, 6.45) is 10.4. The van der Waals surface area contributed by atoms with Crippen molar-refractivity contribution in [3.05, 3.63) is 29.8 Å². The summed E-state index contributed by atoms with van der Waals surface area (Å²) in [4.78, 5) is 11.2. The molecule has 0 aromatic heterocycles. The van der Waals surface area contributed by atoms with Crippen molar-refractivity contribution in [3.63, 3.8) is 0 Å². The van der Waals surface area contributed by atoms with E-state index in [-0.39, 0.29) is 5.97 Å². The third-order valence-corrected chi connectivity index (χ3v) is 5.30. The first kappa shape index (κ1) is 31.4. The van der Waals surface area contributed by atoms with Crippen LogP contribution in [0.25, 0.3) is 0 Å². The van der Waals surface area contributed by atoms with E-state index in [4.69, 9.17) is 28.4 Å². The molecule has 0 fully saturated rings. The van der Waals surface area contributed by atoms with Crippen LogP contribution < -0.4 is 4.74 Å². The molecule has 0 aliphatic heterocycles. The van der Waals surface area contributed by atoms with E-state index in [9.17, 15) is 4.79 Å². The second-order valence-electron chi connectivity index (χ2n) is 8.43. The zero-order chi connectivity index (χ0) is 25.2. The number of ether oxygens (including phenoxy) is 6. The minimum Gasteiger partial charge on any atom is -0.491 e. The Balaban J connectivity index is 1.82. The molecule has 0 aliphatic carbocycles. The van der Waals surface area contributed by atoms with Gasteiger partial charge in [-0.3, -0.25) is 4.79 Å². The molecule has 0 heterocycles. The van der Waals surface area contributed by atoms with Gasteiger partial charge >= 0.3 is 5.97 Å². The number of carbonyl (C=O) groups excluding carboxylic acids is 1. The van der Waals surface area contributed by atoms with Crippen molar-refractivity contribution in [3.8, 4) is 5.75 Å². The van der Waals surface area contributed by atoms with Crippen LogP contribution in [0.4, 0.5) is 0 Å². The van der Waals surface area contributed by atoms with Crippen molar-refractivity contribution in [2.45, 2.75) is 71.6 Å². The Morgan fingerprint density at radius 2 is 1.11 bits per heavy atom. The van der Waals surface area contributed by atoms with Gasteiger partial charge in [0.2, 0.25) is 0 Å². The molecular weight excluding hydrogens is 448 g/mol. The van der Waals surface area contributed by atoms with Gasteiger partial charge in [-0.1, -0.05) is 58.1 Å². The zero-order valence-electron chi connectivity index (χ0n) is 22.1. The molecule has 7 heteroatoms. The van der Waals surface area contributed by atoms with E-state index >= 15 is 0 Å². The summed E-state index contributed by atoms with van der Waals surface area (Å²) in [5.41, 5.74) is 1.38. The van der Waals surface area contributed by atoms with Crippen molar-refractivity contribution >= 4 is 5.97 Å². The van der Waals surface area contributed by atoms with Crippen LogP contribution in [0.2, 0.25) is 0 Å². The Kier molecular flexibility index (Phi) is 21.5. The number of hydrogen-bond acceptors (Lipinski definition) is 7. The maximum Gasteiger partial charge on any atom is 0.305 e. The van der Waals surface area contributed by atoms with Crippen molar-refractivity contribution in [1.29, 1.82) is 0 Å². The quantitative estimate of drug-likeness (QED) is 0.133. The minimum absolute atomic E-state index is 0.176. The zero-order valence-corrected chi connectivity index (χ0v) is 22.1. The highest BCUT2D eigenvalue weighted by Gasteiger charge is 2.00. The predicted octanol–water partition coefficient (Wildman–Crippen LogP) is 5.38. The van der Waals surface area contributed by atoms with Gasteiger partial charge < -0.3 is 28.4 Å². The highest BCUT2D eigenvalue weighted by atomic mass is 16.6. The third-order valence-electron chi connectivity index (χ3n) is 5.30. The smallest absolute Gasteiger partial charge is 0.305 e. The van der Waals surface area contributed by atoms with E-state index < -0.39 is 0 Å². The molecule has 202 valence electrons. The second kappa shape index (κ2) is 24.0. The highest BCUT2D eigenvalue weighted by molar-refractivity contribution is 5.69. The van der Waals surface area contributed by atoms with Gasteiger partial charge in [-0.2, -0.15) is 0 Å². The van der Waals surface area contributed by atoms with Crippen molar-refractivity contribution in [2.24, 2.45) is 0 Å². The number of unbranched alkanes of at least 4 members (excludes halogenated alkanes) is 5. The van der Waals surface area contributed by atoms with Crippen LogP contribution in [-0.2, 0) is 34.9 Å². The highest BCUT2D eigenvalue weighted by Crippen LogP contribution is 2.15. The van der Waals surface area contributed by atoms with Gasteiger partial charge in [0.15, 0.2) is 0 Å². The Bertz CT molecular complexity index is 591. The van der Waals surface area contributed by atoms with Crippen LogP contribution >= 0.6 is 0 Å². The van der Waals surface area contributed by atoms with Crippen molar-refractivity contribution < 1.29 is 33.2 Å². The second-order valence-corrected chi connectivity index (χ2v) is 8.43. The molecule has 7 nitrogen and oxygen atoms in total. The standard InChI is InChI=1S/C28H48O7/c1-3-5-6-7-8-9-11-26-12-14-27(15-13-26)34-24-22-32-20-18-30-16-17-31-19-21-33-23-25-35-28(29)10-4-2/h12-15H,3-11,16-25H2,1-2H3. The van der Waals surface area contributed by atoms with E-state index in [1.165, 1.54) is 44.1 Å². The summed E-state index contributed by atoms with van der Waals surface area (Å²) in [7, 11) is 0. The third kappa shape index (κ3) is 20.2. The Hall–Kier alpha value is -1.67. The molecule has 0 radical (unpaired) electrons. The number of hydrogen-bond donors (Lipinski definition) is 0. The van der Waals surface area contributed by atoms with E-state index in [2.05, 4.69) is 19.1 Å². The SMILES string of the molecule is CCCCCCCCc1ccc(OCCOCCOCCOCCOCCOC(=O)CCC)cc1. The van der Waals surface area contributed by atoms with Gasteiger partial charge in [-0.05, 0) is 37.0 Å². The fourth-order valence-corrected chi connectivity index (χ4v) is 3.33. The Morgan fingerprint density at radius 3 is 1.69 bits per heavy atom. The molecule has 0 unspecified atom stereocenters. The van der Waals surface area contributed by atoms with Gasteiger partial charge in [0.1, 0.15) is 19.0 Å². The number of carbonyl (C=O) groups is 1. The number of aryl methyl sites for hydroxylation is 1. The van der Waals surface area contributed by atoms with E-state index in [1.54, 1.807) is 0 Å². The van der Waals surface area contributed by atoms with Crippen LogP contribution in [0.1, 0.15) is 70.8 Å². The molecule has 0 N–H and O–H groups in total. The molecule has 0 saturated carbocycles. The largest absolute Gasteiger partial charge is 0.491 e. The van der Waals surface area contributed by atoms with Gasteiger partial charge in [0.05, 0.1) is 52.9 Å². The van der Waals surface area contributed by atoms with Crippen LogP contribution in [-0.4, -0.2) is 72.0 Å². The number of esters is 1. The molecule has 0 saturated heterocycles. The summed E-state index contributed by atoms with van der Waals surface area (Å²) >= 11 is 0. The molecule has 1 aromatic carbocycles. The first-order valence-electron chi connectivity index (χ1n) is 13.4. The van der Waals surface area contributed by atoms with Crippen LogP contribution in [0.5, 0.6) is 5.75 Å². The summed E-state index contributed by atoms with van der Waals surface area (Å²) in [6, 6.07) is 8.41. The lowest BCUT2D eigenvalue weighted by atomic mass is 10.0. The van der Waals surface area contributed by atoms with Gasteiger partial charge in [0.25, 0.3) is 0 Å². The average Bonchev–Trinajstić information content (AvgIpc) is 2.87. The summed E-state index contributed by atoms with van der Waals surface area (Å²) in [5.74, 6) is 0.708. The molecule has 1 aromatic rings. The van der Waals surface area contributed by atoms with E-state index in [0.29, 0.717) is 72.5 Å². The first-order valence-corrected chi connectivity index (χ1v) is 13.4. The molecule has 35 heavy (non-hydrogen) atoms. The number of rotatable bonds is 25. The van der Waals surface area contributed by atoms with Gasteiger partial charge in [-0.15, -0.1) is 0 Å². The maximum atomic E-state index is 11.2. The summed E-state index contributed by atoms with van der Waals surface area (Å²) in [5, 5.41) is 0. The maximum absolute atomic E-state index is 11.2. The predicted molar refractivity (Wildman–Crippen MR) is 138 cm³/mol. The normalized spacial score (nSPS) is 11.0. The van der Waals surface area contributed by atoms with Crippen LogP contribution in [0.15, 0.2) is 24.3 Å². The number of benzene rings is 1. The molecule has 0 bridgehead atoms. The van der Waals surface area contributed by atoms with Gasteiger partial charge in [-0.25, -0.2) is 0 Å². The fourth-order valence-electron chi connectivity index (χ4n) is 3.33. The molecule has 0 aliphatic rings. The molecule has 1 rings (SSSR count). The monoisotopic (exact) mass is 496 g/mol. The Morgan fingerprint density at radius 1 is 0.600 bits per heavy atom. The summed E-state index contributed by atoms with van der Waals surface area (Å²) in [6.45, 7) is 8.96.